The van der Waals surface area contributed by atoms with Gasteiger partial charge in [0.05, 0.1) is 10.3 Å². The van der Waals surface area contributed by atoms with Gasteiger partial charge in [0.2, 0.25) is 28.5 Å². The fraction of sp³-hybridized carbons (Fsp3) is 0.208. The lowest BCUT2D eigenvalue weighted by molar-refractivity contribution is -0.118. The molecular weight excluding hydrogens is 447 g/mol. The van der Waals surface area contributed by atoms with E-state index in [9.17, 15) is 17.6 Å². The number of hydrogen-bond donors (Lipinski definition) is 2. The molecular formula is C24H21FN2O5S. The Kier molecular flexibility index (Phi) is 5.10. The lowest BCUT2D eigenvalue weighted by atomic mass is 9.94. The van der Waals surface area contributed by atoms with Gasteiger partial charge in [0.15, 0.2) is 11.6 Å². The van der Waals surface area contributed by atoms with Crippen LogP contribution in [-0.2, 0) is 20.2 Å². The van der Waals surface area contributed by atoms with E-state index in [2.05, 4.69) is 10.0 Å². The van der Waals surface area contributed by atoms with Crippen LogP contribution in [-0.4, -0.2) is 28.2 Å². The molecule has 0 saturated heterocycles. The Morgan fingerprint density at radius 3 is 2.45 bits per heavy atom. The molecule has 1 saturated carbocycles. The normalized spacial score (nSPS) is 15.8. The number of ether oxygens (including phenoxy) is 2. The summed E-state index contributed by atoms with van der Waals surface area (Å²) in [7, 11) is -2.15. The van der Waals surface area contributed by atoms with Crippen molar-refractivity contribution in [1.82, 2.24) is 4.72 Å². The third-order valence-electron chi connectivity index (χ3n) is 6.05. The summed E-state index contributed by atoms with van der Waals surface area (Å²) in [6.07, 6.45) is 1.22. The van der Waals surface area contributed by atoms with Crippen LogP contribution in [0.4, 0.5) is 10.1 Å². The van der Waals surface area contributed by atoms with Crippen LogP contribution >= 0.6 is 0 Å². The lowest BCUT2D eigenvalue weighted by Gasteiger charge is -2.17. The van der Waals surface area contributed by atoms with Crippen molar-refractivity contribution in [3.8, 4) is 22.6 Å². The van der Waals surface area contributed by atoms with Crippen LogP contribution in [0.3, 0.4) is 0 Å². The number of sulfonamides is 1. The van der Waals surface area contributed by atoms with Crippen LogP contribution < -0.4 is 19.5 Å². The van der Waals surface area contributed by atoms with Gasteiger partial charge in [-0.15, -0.1) is 0 Å². The van der Waals surface area contributed by atoms with Gasteiger partial charge >= 0.3 is 0 Å². The van der Waals surface area contributed by atoms with Crippen LogP contribution in [0.1, 0.15) is 18.4 Å². The maximum atomic E-state index is 14.4. The molecule has 1 aliphatic heterocycles. The minimum Gasteiger partial charge on any atom is -0.453 e. The van der Waals surface area contributed by atoms with Crippen LogP contribution in [0.25, 0.3) is 11.1 Å². The fourth-order valence-electron chi connectivity index (χ4n) is 3.99. The summed E-state index contributed by atoms with van der Waals surface area (Å²) in [4.78, 5) is 13.3. The van der Waals surface area contributed by atoms with E-state index < -0.39 is 21.3 Å². The standard InChI is InChI=1S/C24H21FN2O5S/c1-26-33(29,30)19-7-5-15(6-8-19)16-3-2-4-18(11-16)27-23(28)24(9-10-24)17-12-20(25)22-21(13-17)31-14-32-22/h2-8,11-13,26H,9-10,14H2,1H3,(H,27,28). The summed E-state index contributed by atoms with van der Waals surface area (Å²) in [6.45, 7) is -0.0381. The van der Waals surface area contributed by atoms with Gasteiger partial charge < -0.3 is 14.8 Å². The second-order valence-electron chi connectivity index (χ2n) is 8.04. The van der Waals surface area contributed by atoms with E-state index in [1.165, 1.54) is 25.2 Å². The average Bonchev–Trinajstić information content (AvgIpc) is 3.50. The lowest BCUT2D eigenvalue weighted by Crippen LogP contribution is -2.28. The highest BCUT2D eigenvalue weighted by Gasteiger charge is 2.52. The van der Waals surface area contributed by atoms with Crippen molar-refractivity contribution in [3.05, 3.63) is 72.0 Å². The van der Waals surface area contributed by atoms with Crippen molar-refractivity contribution >= 4 is 21.6 Å². The molecule has 2 N–H and O–H groups in total. The molecule has 0 atom stereocenters. The van der Waals surface area contributed by atoms with Crippen molar-refractivity contribution in [3.63, 3.8) is 0 Å². The Balaban J connectivity index is 1.37. The van der Waals surface area contributed by atoms with E-state index in [-0.39, 0.29) is 23.3 Å². The van der Waals surface area contributed by atoms with Gasteiger partial charge in [0.1, 0.15) is 0 Å². The Labute approximate surface area is 190 Å². The number of carbonyl (C=O) groups is 1. The molecule has 170 valence electrons. The van der Waals surface area contributed by atoms with Crippen LogP contribution in [0, 0.1) is 5.82 Å². The molecule has 0 radical (unpaired) electrons. The predicted molar refractivity (Wildman–Crippen MR) is 120 cm³/mol. The van der Waals surface area contributed by atoms with E-state index >= 15 is 0 Å². The van der Waals surface area contributed by atoms with Crippen LogP contribution in [0.2, 0.25) is 0 Å². The second kappa shape index (κ2) is 7.86. The average molecular weight is 469 g/mol. The minimum absolute atomic E-state index is 0.0381. The number of nitrogens with one attached hydrogen (secondary N) is 2. The van der Waals surface area contributed by atoms with Crippen molar-refractivity contribution in [2.24, 2.45) is 0 Å². The third-order valence-corrected chi connectivity index (χ3v) is 7.48. The number of benzene rings is 3. The first-order valence-corrected chi connectivity index (χ1v) is 11.9. The van der Waals surface area contributed by atoms with Gasteiger partial charge in [-0.05, 0) is 73.0 Å². The Hall–Kier alpha value is -3.43. The molecule has 9 heteroatoms. The van der Waals surface area contributed by atoms with E-state index in [1.54, 1.807) is 24.3 Å². The zero-order chi connectivity index (χ0) is 23.2. The first-order chi connectivity index (χ1) is 15.8. The Morgan fingerprint density at radius 2 is 1.76 bits per heavy atom. The van der Waals surface area contributed by atoms with E-state index in [4.69, 9.17) is 9.47 Å². The molecule has 33 heavy (non-hydrogen) atoms. The molecule has 0 bridgehead atoms. The molecule has 0 unspecified atom stereocenters. The van der Waals surface area contributed by atoms with E-state index in [1.807, 2.05) is 18.2 Å². The number of rotatable bonds is 6. The first kappa shape index (κ1) is 21.4. The summed E-state index contributed by atoms with van der Waals surface area (Å²) < 4.78 is 51.0. The number of halogens is 1. The Bertz CT molecular complexity index is 1350. The topological polar surface area (TPSA) is 93.7 Å². The van der Waals surface area contributed by atoms with E-state index in [0.29, 0.717) is 29.8 Å². The first-order valence-electron chi connectivity index (χ1n) is 10.4. The van der Waals surface area contributed by atoms with Gasteiger partial charge in [-0.25, -0.2) is 17.5 Å². The summed E-state index contributed by atoms with van der Waals surface area (Å²) in [5.74, 6) is -0.357. The number of anilines is 1. The Morgan fingerprint density at radius 1 is 1.00 bits per heavy atom. The molecule has 0 spiro atoms. The number of carbonyl (C=O) groups excluding carboxylic acids is 1. The van der Waals surface area contributed by atoms with Gasteiger partial charge in [-0.3, -0.25) is 4.79 Å². The van der Waals surface area contributed by atoms with Gasteiger partial charge in [0, 0.05) is 5.69 Å². The molecule has 5 rings (SSSR count). The fourth-order valence-corrected chi connectivity index (χ4v) is 4.72. The smallest absolute Gasteiger partial charge is 0.240 e. The molecule has 1 heterocycles. The quantitative estimate of drug-likeness (QED) is 0.574. The van der Waals surface area contributed by atoms with Gasteiger partial charge in [0.25, 0.3) is 0 Å². The predicted octanol–water partition coefficient (Wildman–Crippen LogP) is 3.80. The molecule has 2 aliphatic rings. The maximum absolute atomic E-state index is 14.4. The largest absolute Gasteiger partial charge is 0.453 e. The molecule has 1 fully saturated rings. The molecule has 1 amide bonds. The molecule has 7 nitrogen and oxygen atoms in total. The highest BCUT2D eigenvalue weighted by Crippen LogP contribution is 2.51. The summed E-state index contributed by atoms with van der Waals surface area (Å²) in [5, 5.41) is 2.95. The summed E-state index contributed by atoms with van der Waals surface area (Å²) in [6, 6.07) is 16.8. The minimum atomic E-state index is -3.51. The highest BCUT2D eigenvalue weighted by molar-refractivity contribution is 7.89. The molecule has 0 aromatic heterocycles. The summed E-state index contributed by atoms with van der Waals surface area (Å²) >= 11 is 0. The zero-order valence-electron chi connectivity index (χ0n) is 17.7. The van der Waals surface area contributed by atoms with Gasteiger partial charge in [-0.1, -0.05) is 24.3 Å². The van der Waals surface area contributed by atoms with Crippen LogP contribution in [0.5, 0.6) is 11.5 Å². The third kappa shape index (κ3) is 3.83. The SMILES string of the molecule is CNS(=O)(=O)c1ccc(-c2cccc(NC(=O)C3(c4cc(F)c5c(c4)OCO5)CC3)c2)cc1. The van der Waals surface area contributed by atoms with Gasteiger partial charge in [-0.2, -0.15) is 0 Å². The molecule has 1 aliphatic carbocycles. The zero-order valence-corrected chi connectivity index (χ0v) is 18.5. The van der Waals surface area contributed by atoms with Crippen LogP contribution in [0.15, 0.2) is 65.6 Å². The van der Waals surface area contributed by atoms with Crippen molar-refractivity contribution < 1.29 is 27.1 Å². The molecule has 3 aromatic carbocycles. The second-order valence-corrected chi connectivity index (χ2v) is 9.93. The van der Waals surface area contributed by atoms with E-state index in [0.717, 1.165) is 11.1 Å². The van der Waals surface area contributed by atoms with Crippen molar-refractivity contribution in [2.75, 3.05) is 19.2 Å². The highest BCUT2D eigenvalue weighted by atomic mass is 32.2. The number of amides is 1. The summed E-state index contributed by atoms with van der Waals surface area (Å²) in [5.41, 5.74) is 1.98. The number of hydrogen-bond acceptors (Lipinski definition) is 5. The monoisotopic (exact) mass is 468 g/mol. The molecule has 3 aromatic rings. The number of fused-ring (bicyclic) bond motifs is 1. The van der Waals surface area contributed by atoms with Crippen molar-refractivity contribution in [1.29, 1.82) is 0 Å². The maximum Gasteiger partial charge on any atom is 0.240 e. The van der Waals surface area contributed by atoms with Crippen molar-refractivity contribution in [2.45, 2.75) is 23.2 Å².